The van der Waals surface area contributed by atoms with Crippen LogP contribution in [0.3, 0.4) is 0 Å². The van der Waals surface area contributed by atoms with E-state index in [0.29, 0.717) is 17.3 Å². The van der Waals surface area contributed by atoms with E-state index in [4.69, 9.17) is 16.3 Å². The van der Waals surface area contributed by atoms with Gasteiger partial charge < -0.3 is 10.1 Å². The largest absolute Gasteiger partial charge is 0.495 e. The number of ether oxygens (including phenoxy) is 1. The molecule has 2 atom stereocenters. The molecule has 0 aliphatic heterocycles. The molecule has 0 saturated carbocycles. The summed E-state index contributed by atoms with van der Waals surface area (Å²) in [6.45, 7) is 3.40. The van der Waals surface area contributed by atoms with Gasteiger partial charge in [0.15, 0.2) is 0 Å². The van der Waals surface area contributed by atoms with Crippen LogP contribution < -0.4 is 10.1 Å². The van der Waals surface area contributed by atoms with Crippen LogP contribution in [0.1, 0.15) is 12.5 Å². The minimum atomic E-state index is -0.786. The zero-order valence-corrected chi connectivity index (χ0v) is 11.9. The molecule has 0 aliphatic carbocycles. The summed E-state index contributed by atoms with van der Waals surface area (Å²) in [4.78, 5) is 0. The normalized spacial score (nSPS) is 14.4. The van der Waals surface area contributed by atoms with Crippen molar-refractivity contribution in [3.8, 4) is 5.75 Å². The van der Waals surface area contributed by atoms with Crippen molar-refractivity contribution in [3.05, 3.63) is 28.8 Å². The van der Waals surface area contributed by atoms with E-state index in [1.165, 1.54) is 0 Å². The molecule has 0 spiro atoms. The summed E-state index contributed by atoms with van der Waals surface area (Å²) in [7, 11) is 0.808. The molecule has 0 radical (unpaired) electrons. The highest BCUT2D eigenvalue weighted by atomic mass is 35.5. The standard InChI is InChI=1S/C12H18ClNO2S/c1-9(17(3)15)7-14-8-10-4-5-12(16-2)11(13)6-10/h4-6,9,14H,7-8H2,1-3H3. The van der Waals surface area contributed by atoms with Crippen LogP contribution in [0.15, 0.2) is 18.2 Å². The maximum Gasteiger partial charge on any atom is 0.137 e. The zero-order chi connectivity index (χ0) is 12.8. The molecule has 1 aromatic rings. The first-order valence-electron chi connectivity index (χ1n) is 5.40. The molecule has 2 unspecified atom stereocenters. The summed E-state index contributed by atoms with van der Waals surface area (Å²) < 4.78 is 16.2. The predicted molar refractivity (Wildman–Crippen MR) is 73.2 cm³/mol. The lowest BCUT2D eigenvalue weighted by Gasteiger charge is -2.10. The van der Waals surface area contributed by atoms with E-state index in [-0.39, 0.29) is 5.25 Å². The molecule has 0 bridgehead atoms. The van der Waals surface area contributed by atoms with Crippen molar-refractivity contribution in [2.75, 3.05) is 19.9 Å². The SMILES string of the molecule is COc1ccc(CNCC(C)S(C)=O)cc1Cl. The summed E-state index contributed by atoms with van der Waals surface area (Å²) in [5.41, 5.74) is 1.09. The fourth-order valence-electron chi connectivity index (χ4n) is 1.36. The van der Waals surface area contributed by atoms with Crippen molar-refractivity contribution in [1.29, 1.82) is 0 Å². The maximum absolute atomic E-state index is 11.2. The van der Waals surface area contributed by atoms with Gasteiger partial charge in [-0.1, -0.05) is 17.7 Å². The summed E-state index contributed by atoms with van der Waals surface area (Å²) >= 11 is 6.02. The Balaban J connectivity index is 2.47. The lowest BCUT2D eigenvalue weighted by atomic mass is 10.2. The van der Waals surface area contributed by atoms with E-state index in [1.807, 2.05) is 25.1 Å². The lowest BCUT2D eigenvalue weighted by molar-refractivity contribution is 0.415. The first-order chi connectivity index (χ1) is 8.04. The fraction of sp³-hybridized carbons (Fsp3) is 0.500. The number of methoxy groups -OCH3 is 1. The highest BCUT2D eigenvalue weighted by Crippen LogP contribution is 2.24. The van der Waals surface area contributed by atoms with E-state index in [0.717, 1.165) is 12.1 Å². The molecular weight excluding hydrogens is 258 g/mol. The summed E-state index contributed by atoms with van der Waals surface area (Å²) in [5, 5.41) is 4.02. The second-order valence-electron chi connectivity index (χ2n) is 3.91. The zero-order valence-electron chi connectivity index (χ0n) is 10.3. The molecule has 96 valence electrons. The Morgan fingerprint density at radius 2 is 2.24 bits per heavy atom. The monoisotopic (exact) mass is 275 g/mol. The van der Waals surface area contributed by atoms with Gasteiger partial charge in [-0.3, -0.25) is 4.21 Å². The number of hydrogen-bond donors (Lipinski definition) is 1. The van der Waals surface area contributed by atoms with Crippen molar-refractivity contribution in [1.82, 2.24) is 5.32 Å². The van der Waals surface area contributed by atoms with Crippen molar-refractivity contribution >= 4 is 22.4 Å². The van der Waals surface area contributed by atoms with Crippen LogP contribution in [0.2, 0.25) is 5.02 Å². The van der Waals surface area contributed by atoms with Gasteiger partial charge in [0, 0.05) is 35.4 Å². The van der Waals surface area contributed by atoms with Crippen LogP contribution in [-0.2, 0) is 17.3 Å². The van der Waals surface area contributed by atoms with E-state index >= 15 is 0 Å². The van der Waals surface area contributed by atoms with Gasteiger partial charge in [-0.05, 0) is 24.6 Å². The summed E-state index contributed by atoms with van der Waals surface area (Å²) in [6.07, 6.45) is 1.72. The first-order valence-corrected chi connectivity index (χ1v) is 7.40. The summed E-state index contributed by atoms with van der Waals surface area (Å²) in [6, 6.07) is 5.69. The van der Waals surface area contributed by atoms with Crippen LogP contribution in [0.4, 0.5) is 0 Å². The van der Waals surface area contributed by atoms with Gasteiger partial charge >= 0.3 is 0 Å². The van der Waals surface area contributed by atoms with Crippen molar-refractivity contribution in [2.24, 2.45) is 0 Å². The van der Waals surface area contributed by atoms with Crippen LogP contribution >= 0.6 is 11.6 Å². The van der Waals surface area contributed by atoms with Crippen molar-refractivity contribution in [2.45, 2.75) is 18.7 Å². The number of nitrogens with one attached hydrogen (secondary N) is 1. The molecule has 0 heterocycles. The minimum Gasteiger partial charge on any atom is -0.495 e. The number of rotatable bonds is 6. The van der Waals surface area contributed by atoms with Gasteiger partial charge in [0.25, 0.3) is 0 Å². The third kappa shape index (κ3) is 4.66. The molecular formula is C12H18ClNO2S. The van der Waals surface area contributed by atoms with Gasteiger partial charge in [0.05, 0.1) is 12.1 Å². The minimum absolute atomic E-state index is 0.156. The highest BCUT2D eigenvalue weighted by Gasteiger charge is 2.06. The van der Waals surface area contributed by atoms with E-state index < -0.39 is 10.8 Å². The maximum atomic E-state index is 11.2. The topological polar surface area (TPSA) is 38.3 Å². The van der Waals surface area contributed by atoms with Crippen LogP contribution in [0.25, 0.3) is 0 Å². The van der Waals surface area contributed by atoms with Crippen LogP contribution in [0.5, 0.6) is 5.75 Å². The van der Waals surface area contributed by atoms with Gasteiger partial charge in [0.1, 0.15) is 5.75 Å². The third-order valence-corrected chi connectivity index (χ3v) is 4.14. The fourth-order valence-corrected chi connectivity index (χ4v) is 1.99. The first kappa shape index (κ1) is 14.5. The molecule has 0 amide bonds. The average Bonchev–Trinajstić information content (AvgIpc) is 2.29. The molecule has 0 aromatic heterocycles. The quantitative estimate of drug-likeness (QED) is 0.865. The number of hydrogen-bond acceptors (Lipinski definition) is 3. The molecule has 0 aliphatic rings. The Bertz CT molecular complexity index is 398. The molecule has 1 aromatic carbocycles. The average molecular weight is 276 g/mol. The molecule has 17 heavy (non-hydrogen) atoms. The molecule has 0 fully saturated rings. The van der Waals surface area contributed by atoms with Gasteiger partial charge in [-0.15, -0.1) is 0 Å². The molecule has 1 rings (SSSR count). The van der Waals surface area contributed by atoms with Gasteiger partial charge in [0.2, 0.25) is 0 Å². The smallest absolute Gasteiger partial charge is 0.137 e. The molecule has 1 N–H and O–H groups in total. The van der Waals surface area contributed by atoms with Gasteiger partial charge in [-0.2, -0.15) is 0 Å². The van der Waals surface area contributed by atoms with Crippen LogP contribution in [-0.4, -0.2) is 29.4 Å². The van der Waals surface area contributed by atoms with Crippen LogP contribution in [0, 0.1) is 0 Å². The van der Waals surface area contributed by atoms with Crippen molar-refractivity contribution < 1.29 is 8.95 Å². The molecule has 0 saturated heterocycles. The number of benzene rings is 1. The Hall–Kier alpha value is -0.580. The summed E-state index contributed by atoms with van der Waals surface area (Å²) in [5.74, 6) is 0.679. The second-order valence-corrected chi connectivity index (χ2v) is 6.12. The second kappa shape index (κ2) is 6.99. The predicted octanol–water partition coefficient (Wildman–Crippen LogP) is 2.21. The number of halogens is 1. The lowest BCUT2D eigenvalue weighted by Crippen LogP contribution is -2.27. The Morgan fingerprint density at radius 3 is 2.76 bits per heavy atom. The van der Waals surface area contributed by atoms with E-state index in [9.17, 15) is 4.21 Å². The van der Waals surface area contributed by atoms with Gasteiger partial charge in [-0.25, -0.2) is 0 Å². The van der Waals surface area contributed by atoms with E-state index in [1.54, 1.807) is 13.4 Å². The Morgan fingerprint density at radius 1 is 1.53 bits per heavy atom. The Kier molecular flexibility index (Phi) is 5.95. The highest BCUT2D eigenvalue weighted by molar-refractivity contribution is 7.84. The molecule has 3 nitrogen and oxygen atoms in total. The van der Waals surface area contributed by atoms with Crippen molar-refractivity contribution in [3.63, 3.8) is 0 Å². The molecule has 5 heteroatoms. The third-order valence-electron chi connectivity index (χ3n) is 2.54. The Labute approximate surface area is 110 Å². The van der Waals surface area contributed by atoms with E-state index in [2.05, 4.69) is 5.32 Å².